The van der Waals surface area contributed by atoms with Crippen LogP contribution in [-0.4, -0.2) is 22.9 Å². The largest absolute Gasteiger partial charge is 0.294 e. The SMILES string of the molecule is c1ccc2c(c1)CCN(Cc1ccc(CN3CCc4ccccc4C3)s1)C2. The molecule has 1 aromatic heterocycles. The Balaban J connectivity index is 1.20. The number of hydrogen-bond acceptors (Lipinski definition) is 3. The fourth-order valence-electron chi connectivity index (χ4n) is 4.41. The number of rotatable bonds is 4. The van der Waals surface area contributed by atoms with Gasteiger partial charge in [0, 0.05) is 49.0 Å². The predicted octanol–water partition coefficient (Wildman–Crippen LogP) is 4.86. The molecule has 0 N–H and O–H groups in total. The maximum Gasteiger partial charge on any atom is 0.0331 e. The number of fused-ring (bicyclic) bond motifs is 2. The molecule has 0 unspecified atom stereocenters. The average molecular weight is 375 g/mol. The van der Waals surface area contributed by atoms with E-state index in [1.807, 2.05) is 11.3 Å². The molecule has 2 aliphatic heterocycles. The molecule has 2 nitrogen and oxygen atoms in total. The van der Waals surface area contributed by atoms with Crippen LogP contribution in [0.2, 0.25) is 0 Å². The van der Waals surface area contributed by atoms with Crippen LogP contribution in [0.1, 0.15) is 32.0 Å². The van der Waals surface area contributed by atoms with E-state index < -0.39 is 0 Å². The third-order valence-corrected chi connectivity index (χ3v) is 6.95. The Hall–Kier alpha value is -1.94. The normalized spacial score (nSPS) is 17.5. The van der Waals surface area contributed by atoms with Gasteiger partial charge in [-0.1, -0.05) is 48.5 Å². The zero-order chi connectivity index (χ0) is 18.1. The Bertz CT molecular complexity index is 855. The van der Waals surface area contributed by atoms with Crippen LogP contribution in [0, 0.1) is 0 Å². The third-order valence-electron chi connectivity index (χ3n) is 5.90. The minimum absolute atomic E-state index is 1.09. The van der Waals surface area contributed by atoms with Crippen molar-refractivity contribution in [2.75, 3.05) is 13.1 Å². The lowest BCUT2D eigenvalue weighted by molar-refractivity contribution is 0.247. The fraction of sp³-hybridized carbons (Fsp3) is 0.333. The first-order valence-electron chi connectivity index (χ1n) is 9.99. The number of nitrogens with zero attached hydrogens (tertiary/aromatic N) is 2. The van der Waals surface area contributed by atoms with Crippen molar-refractivity contribution < 1.29 is 0 Å². The highest BCUT2D eigenvalue weighted by Gasteiger charge is 2.18. The highest BCUT2D eigenvalue weighted by molar-refractivity contribution is 7.11. The van der Waals surface area contributed by atoms with E-state index >= 15 is 0 Å². The van der Waals surface area contributed by atoms with E-state index in [1.165, 1.54) is 57.9 Å². The smallest absolute Gasteiger partial charge is 0.0331 e. The van der Waals surface area contributed by atoms with E-state index in [-0.39, 0.29) is 0 Å². The van der Waals surface area contributed by atoms with Crippen LogP contribution < -0.4 is 0 Å². The van der Waals surface area contributed by atoms with Gasteiger partial charge in [0.25, 0.3) is 0 Å². The number of thiophene rings is 1. The molecule has 0 bridgehead atoms. The molecule has 0 aliphatic carbocycles. The van der Waals surface area contributed by atoms with Gasteiger partial charge < -0.3 is 0 Å². The summed E-state index contributed by atoms with van der Waals surface area (Å²) >= 11 is 2.00. The third kappa shape index (κ3) is 3.86. The summed E-state index contributed by atoms with van der Waals surface area (Å²) < 4.78 is 0. The van der Waals surface area contributed by atoms with Gasteiger partial charge in [-0.3, -0.25) is 9.80 Å². The molecule has 0 spiro atoms. The molecule has 5 rings (SSSR count). The highest BCUT2D eigenvalue weighted by Crippen LogP contribution is 2.26. The minimum atomic E-state index is 1.09. The number of benzene rings is 2. The van der Waals surface area contributed by atoms with E-state index in [2.05, 4.69) is 70.5 Å². The summed E-state index contributed by atoms with van der Waals surface area (Å²) in [5, 5.41) is 0. The van der Waals surface area contributed by atoms with Gasteiger partial charge >= 0.3 is 0 Å². The summed E-state index contributed by atoms with van der Waals surface area (Å²) in [7, 11) is 0. The lowest BCUT2D eigenvalue weighted by Crippen LogP contribution is -2.29. The standard InChI is InChI=1S/C24H26N2S/c1-3-7-21-15-25(13-11-19(21)5-1)17-23-9-10-24(27-23)18-26-14-12-20-6-2-4-8-22(20)16-26/h1-10H,11-18H2. The summed E-state index contributed by atoms with van der Waals surface area (Å²) in [6.45, 7) is 6.70. The first kappa shape index (κ1) is 17.2. The number of hydrogen-bond donors (Lipinski definition) is 0. The Morgan fingerprint density at radius 3 is 1.52 bits per heavy atom. The van der Waals surface area contributed by atoms with Crippen LogP contribution >= 0.6 is 11.3 Å². The van der Waals surface area contributed by atoms with Crippen molar-refractivity contribution in [1.29, 1.82) is 0 Å². The van der Waals surface area contributed by atoms with Crippen molar-refractivity contribution in [2.45, 2.75) is 39.0 Å². The Kier molecular flexibility index (Phi) is 4.83. The molecule has 0 atom stereocenters. The lowest BCUT2D eigenvalue weighted by Gasteiger charge is -2.28. The molecule has 3 heteroatoms. The van der Waals surface area contributed by atoms with Crippen LogP contribution in [0.15, 0.2) is 60.7 Å². The fourth-order valence-corrected chi connectivity index (χ4v) is 5.51. The second kappa shape index (κ2) is 7.59. The first-order chi connectivity index (χ1) is 13.3. The van der Waals surface area contributed by atoms with Crippen molar-refractivity contribution >= 4 is 11.3 Å². The van der Waals surface area contributed by atoms with Crippen LogP contribution in [0.5, 0.6) is 0 Å². The van der Waals surface area contributed by atoms with Crippen molar-refractivity contribution in [3.05, 3.63) is 92.7 Å². The monoisotopic (exact) mass is 374 g/mol. The quantitative estimate of drug-likeness (QED) is 0.643. The van der Waals surface area contributed by atoms with Gasteiger partial charge in [0.2, 0.25) is 0 Å². The zero-order valence-electron chi connectivity index (χ0n) is 15.7. The van der Waals surface area contributed by atoms with Crippen LogP contribution in [0.4, 0.5) is 0 Å². The molecule has 0 fully saturated rings. The van der Waals surface area contributed by atoms with E-state index in [1.54, 1.807) is 0 Å². The summed E-state index contributed by atoms with van der Waals surface area (Å²) in [5.74, 6) is 0. The van der Waals surface area contributed by atoms with Gasteiger partial charge in [0.15, 0.2) is 0 Å². The topological polar surface area (TPSA) is 6.48 Å². The van der Waals surface area contributed by atoms with E-state index in [9.17, 15) is 0 Å². The van der Waals surface area contributed by atoms with Gasteiger partial charge in [0.05, 0.1) is 0 Å². The van der Waals surface area contributed by atoms with Crippen molar-refractivity contribution in [2.24, 2.45) is 0 Å². The Labute approximate surface area is 166 Å². The molecular weight excluding hydrogens is 348 g/mol. The summed E-state index contributed by atoms with van der Waals surface area (Å²) in [6.07, 6.45) is 2.36. The van der Waals surface area contributed by atoms with E-state index in [4.69, 9.17) is 0 Å². The Morgan fingerprint density at radius 1 is 0.593 bits per heavy atom. The molecule has 0 amide bonds. The van der Waals surface area contributed by atoms with Crippen molar-refractivity contribution in [3.8, 4) is 0 Å². The molecule has 0 radical (unpaired) electrons. The lowest BCUT2D eigenvalue weighted by atomic mass is 10.00. The van der Waals surface area contributed by atoms with Gasteiger partial charge in [-0.15, -0.1) is 11.3 Å². The highest BCUT2D eigenvalue weighted by atomic mass is 32.1. The molecular formula is C24H26N2S. The second-order valence-electron chi connectivity index (χ2n) is 7.83. The van der Waals surface area contributed by atoms with Crippen LogP contribution in [0.25, 0.3) is 0 Å². The predicted molar refractivity (Wildman–Crippen MR) is 113 cm³/mol. The Morgan fingerprint density at radius 2 is 1.04 bits per heavy atom. The van der Waals surface area contributed by atoms with E-state index in [0.29, 0.717) is 0 Å². The summed E-state index contributed by atoms with van der Waals surface area (Å²) in [4.78, 5) is 8.19. The second-order valence-corrected chi connectivity index (χ2v) is 9.08. The van der Waals surface area contributed by atoms with Gasteiger partial charge in [-0.2, -0.15) is 0 Å². The minimum Gasteiger partial charge on any atom is -0.294 e. The summed E-state index contributed by atoms with van der Waals surface area (Å²) in [6, 6.07) is 22.5. The van der Waals surface area contributed by atoms with Crippen LogP contribution in [-0.2, 0) is 39.0 Å². The van der Waals surface area contributed by atoms with Crippen molar-refractivity contribution in [3.63, 3.8) is 0 Å². The molecule has 3 heterocycles. The van der Waals surface area contributed by atoms with E-state index in [0.717, 1.165) is 26.2 Å². The molecule has 0 saturated carbocycles. The maximum absolute atomic E-state index is 2.59. The maximum atomic E-state index is 2.59. The molecule has 2 aromatic carbocycles. The van der Waals surface area contributed by atoms with Crippen LogP contribution in [0.3, 0.4) is 0 Å². The molecule has 27 heavy (non-hydrogen) atoms. The average Bonchev–Trinajstić information content (AvgIpc) is 3.14. The molecule has 3 aromatic rings. The summed E-state index contributed by atoms with van der Waals surface area (Å²) in [5.41, 5.74) is 6.08. The zero-order valence-corrected chi connectivity index (χ0v) is 16.5. The van der Waals surface area contributed by atoms with Gasteiger partial charge in [-0.05, 0) is 47.2 Å². The molecule has 2 aliphatic rings. The van der Waals surface area contributed by atoms with Crippen molar-refractivity contribution in [1.82, 2.24) is 9.80 Å². The first-order valence-corrected chi connectivity index (χ1v) is 10.8. The molecule has 138 valence electrons. The van der Waals surface area contributed by atoms with Gasteiger partial charge in [-0.25, -0.2) is 0 Å². The van der Waals surface area contributed by atoms with Gasteiger partial charge in [0.1, 0.15) is 0 Å². The molecule has 0 saturated heterocycles.